The van der Waals surface area contributed by atoms with Crippen LogP contribution in [0.2, 0.25) is 0 Å². The molecular formula is C13H10BrN3. The van der Waals surface area contributed by atoms with Crippen molar-refractivity contribution in [1.29, 1.82) is 0 Å². The number of aryl methyl sites for hydroxylation is 1. The highest BCUT2D eigenvalue weighted by Crippen LogP contribution is 2.34. The molecule has 0 bridgehead atoms. The third-order valence-corrected chi connectivity index (χ3v) is 3.12. The summed E-state index contributed by atoms with van der Waals surface area (Å²) in [5, 5.41) is 0. The molecule has 3 rings (SSSR count). The SMILES string of the molecule is Cc1ccnc(-c2[nH]ccc3cc(Br)cc2-3)n1. The molecule has 1 N–H and O–H groups in total. The Bertz CT molecular complexity index is 645. The van der Waals surface area contributed by atoms with Gasteiger partial charge in [0.15, 0.2) is 5.82 Å². The van der Waals surface area contributed by atoms with E-state index in [0.29, 0.717) is 0 Å². The van der Waals surface area contributed by atoms with Crippen molar-refractivity contribution >= 4 is 15.9 Å². The van der Waals surface area contributed by atoms with Gasteiger partial charge in [-0.05, 0) is 36.8 Å². The zero-order valence-electron chi connectivity index (χ0n) is 9.24. The number of fused-ring (bicyclic) bond motifs is 1. The Morgan fingerprint density at radius 1 is 1.24 bits per heavy atom. The van der Waals surface area contributed by atoms with Gasteiger partial charge >= 0.3 is 0 Å². The van der Waals surface area contributed by atoms with Crippen LogP contribution in [0.15, 0.2) is 41.1 Å². The van der Waals surface area contributed by atoms with Crippen LogP contribution in [0.5, 0.6) is 0 Å². The highest BCUT2D eigenvalue weighted by molar-refractivity contribution is 9.10. The summed E-state index contributed by atoms with van der Waals surface area (Å²) >= 11 is 3.49. The van der Waals surface area contributed by atoms with Crippen molar-refractivity contribution in [2.45, 2.75) is 6.92 Å². The van der Waals surface area contributed by atoms with Crippen LogP contribution in [0, 0.1) is 6.92 Å². The minimum absolute atomic E-state index is 0.730. The van der Waals surface area contributed by atoms with Gasteiger partial charge in [0.05, 0.1) is 5.69 Å². The van der Waals surface area contributed by atoms with E-state index in [1.54, 1.807) is 6.20 Å². The van der Waals surface area contributed by atoms with Crippen LogP contribution in [0.4, 0.5) is 0 Å². The Morgan fingerprint density at radius 2 is 2.12 bits per heavy atom. The van der Waals surface area contributed by atoms with Gasteiger partial charge < -0.3 is 4.98 Å². The maximum atomic E-state index is 4.45. The summed E-state index contributed by atoms with van der Waals surface area (Å²) in [5.74, 6) is 0.730. The first kappa shape index (κ1) is 10.5. The molecule has 2 aliphatic rings. The Balaban J connectivity index is 2.24. The molecule has 0 amide bonds. The van der Waals surface area contributed by atoms with Crippen molar-refractivity contribution in [3.8, 4) is 22.6 Å². The summed E-state index contributed by atoms with van der Waals surface area (Å²) < 4.78 is 1.07. The topological polar surface area (TPSA) is 41.6 Å². The predicted octanol–water partition coefficient (Wildman–Crippen LogP) is 3.65. The minimum Gasteiger partial charge on any atom is -0.358 e. The van der Waals surface area contributed by atoms with E-state index in [4.69, 9.17) is 0 Å². The first-order chi connectivity index (χ1) is 8.24. The molecular weight excluding hydrogens is 278 g/mol. The largest absolute Gasteiger partial charge is 0.358 e. The molecule has 17 heavy (non-hydrogen) atoms. The van der Waals surface area contributed by atoms with E-state index in [0.717, 1.165) is 27.2 Å². The molecule has 0 radical (unpaired) electrons. The maximum Gasteiger partial charge on any atom is 0.176 e. The number of nitrogens with zero attached hydrogens (tertiary/aromatic N) is 2. The summed E-state index contributed by atoms with van der Waals surface area (Å²) in [7, 11) is 0. The molecule has 0 unspecified atom stereocenters. The number of hydrogen-bond donors (Lipinski definition) is 1. The number of halogens is 1. The summed E-state index contributed by atoms with van der Waals surface area (Å²) in [6.45, 7) is 1.96. The predicted molar refractivity (Wildman–Crippen MR) is 70.9 cm³/mol. The molecule has 4 heteroatoms. The summed E-state index contributed by atoms with van der Waals surface area (Å²) in [6.07, 6.45) is 3.69. The van der Waals surface area contributed by atoms with Crippen LogP contribution in [0.1, 0.15) is 5.69 Å². The van der Waals surface area contributed by atoms with Crippen LogP contribution in [0.3, 0.4) is 0 Å². The quantitative estimate of drug-likeness (QED) is 0.742. The minimum atomic E-state index is 0.730. The third-order valence-electron chi connectivity index (χ3n) is 2.66. The molecule has 1 aromatic rings. The third kappa shape index (κ3) is 1.85. The van der Waals surface area contributed by atoms with Crippen LogP contribution >= 0.6 is 15.9 Å². The van der Waals surface area contributed by atoms with Gasteiger partial charge in [-0.2, -0.15) is 0 Å². The zero-order valence-corrected chi connectivity index (χ0v) is 10.8. The Kier molecular flexibility index (Phi) is 2.44. The number of aromatic amines is 1. The molecule has 1 aliphatic carbocycles. The number of aromatic nitrogens is 3. The van der Waals surface area contributed by atoms with Crippen molar-refractivity contribution in [1.82, 2.24) is 15.0 Å². The molecule has 0 aromatic carbocycles. The number of hydrogen-bond acceptors (Lipinski definition) is 2. The number of rotatable bonds is 1. The Morgan fingerprint density at radius 3 is 2.94 bits per heavy atom. The molecule has 84 valence electrons. The molecule has 0 fully saturated rings. The van der Waals surface area contributed by atoms with Crippen LogP contribution < -0.4 is 0 Å². The Labute approximate surface area is 107 Å². The monoisotopic (exact) mass is 287 g/mol. The van der Waals surface area contributed by atoms with Crippen LogP contribution in [-0.2, 0) is 0 Å². The summed E-state index contributed by atoms with van der Waals surface area (Å²) in [5.41, 5.74) is 4.23. The van der Waals surface area contributed by atoms with E-state index >= 15 is 0 Å². The fraction of sp³-hybridized carbons (Fsp3) is 0.0769. The van der Waals surface area contributed by atoms with Gasteiger partial charge in [-0.3, -0.25) is 0 Å². The van der Waals surface area contributed by atoms with E-state index in [2.05, 4.69) is 43.0 Å². The summed E-state index contributed by atoms with van der Waals surface area (Å²) in [4.78, 5) is 12.0. The fourth-order valence-electron chi connectivity index (χ4n) is 1.89. The lowest BCUT2D eigenvalue weighted by Gasteiger charge is -2.06. The first-order valence-electron chi connectivity index (χ1n) is 5.31. The lowest BCUT2D eigenvalue weighted by Crippen LogP contribution is -1.95. The fourth-order valence-corrected chi connectivity index (χ4v) is 2.37. The van der Waals surface area contributed by atoms with Crippen molar-refractivity contribution in [2.75, 3.05) is 0 Å². The smallest absolute Gasteiger partial charge is 0.176 e. The number of nitrogens with one attached hydrogen (secondary N) is 1. The Hall–Kier alpha value is -1.68. The lowest BCUT2D eigenvalue weighted by atomic mass is 10.1. The van der Waals surface area contributed by atoms with Gasteiger partial charge in [-0.15, -0.1) is 0 Å². The van der Waals surface area contributed by atoms with Crippen molar-refractivity contribution in [3.63, 3.8) is 0 Å². The van der Waals surface area contributed by atoms with Gasteiger partial charge in [0.25, 0.3) is 0 Å². The van der Waals surface area contributed by atoms with Gasteiger partial charge in [-0.25, -0.2) is 9.97 Å². The second-order valence-electron chi connectivity index (χ2n) is 3.92. The van der Waals surface area contributed by atoms with E-state index in [-0.39, 0.29) is 0 Å². The standard InChI is InChI=1S/C13H10BrN3/c1-8-2-4-16-13(17-8)12-11-7-10(14)6-9(11)3-5-15-12/h2-7,15H,1H3. The number of H-pyrrole nitrogens is 1. The highest BCUT2D eigenvalue weighted by Gasteiger charge is 2.13. The van der Waals surface area contributed by atoms with Gasteiger partial charge in [0.1, 0.15) is 0 Å². The number of pyridine rings is 1. The van der Waals surface area contributed by atoms with E-state index < -0.39 is 0 Å². The molecule has 1 aromatic heterocycles. The molecule has 1 aliphatic heterocycles. The van der Waals surface area contributed by atoms with E-state index in [1.807, 2.05) is 25.3 Å². The lowest BCUT2D eigenvalue weighted by molar-refractivity contribution is 1.09. The second kappa shape index (κ2) is 3.96. The van der Waals surface area contributed by atoms with E-state index in [9.17, 15) is 0 Å². The average molecular weight is 288 g/mol. The van der Waals surface area contributed by atoms with Crippen molar-refractivity contribution in [2.24, 2.45) is 0 Å². The zero-order chi connectivity index (χ0) is 11.8. The summed E-state index contributed by atoms with van der Waals surface area (Å²) in [6, 6.07) is 8.10. The van der Waals surface area contributed by atoms with Gasteiger partial charge in [0, 0.05) is 28.1 Å². The van der Waals surface area contributed by atoms with Crippen LogP contribution in [0.25, 0.3) is 22.6 Å². The maximum absolute atomic E-state index is 4.45. The van der Waals surface area contributed by atoms with Crippen LogP contribution in [-0.4, -0.2) is 15.0 Å². The normalized spacial score (nSPS) is 10.9. The van der Waals surface area contributed by atoms with Crippen molar-refractivity contribution < 1.29 is 0 Å². The molecule has 0 atom stereocenters. The molecule has 0 saturated carbocycles. The van der Waals surface area contributed by atoms with E-state index in [1.165, 1.54) is 5.56 Å². The van der Waals surface area contributed by atoms with Gasteiger partial charge in [-0.1, -0.05) is 15.9 Å². The molecule has 0 spiro atoms. The van der Waals surface area contributed by atoms with Crippen molar-refractivity contribution in [3.05, 3.63) is 46.8 Å². The molecule has 2 heterocycles. The second-order valence-corrected chi connectivity index (χ2v) is 4.83. The highest BCUT2D eigenvalue weighted by atomic mass is 79.9. The molecule has 0 saturated heterocycles. The first-order valence-corrected chi connectivity index (χ1v) is 6.10. The molecule has 3 nitrogen and oxygen atoms in total. The van der Waals surface area contributed by atoms with Gasteiger partial charge in [0.2, 0.25) is 0 Å². The average Bonchev–Trinajstić information content (AvgIpc) is 2.68.